The monoisotopic (exact) mass is 555 g/mol. The number of fused-ring (bicyclic) bond motifs is 1. The molecule has 2 saturated heterocycles. The summed E-state index contributed by atoms with van der Waals surface area (Å²) >= 11 is 12.6. The van der Waals surface area contributed by atoms with Gasteiger partial charge in [-0.2, -0.15) is 10.4 Å². The van der Waals surface area contributed by atoms with Crippen LogP contribution in [0.4, 0.5) is 5.82 Å². The zero-order chi connectivity index (χ0) is 27.0. The summed E-state index contributed by atoms with van der Waals surface area (Å²) in [4.78, 5) is 25.5. The normalized spacial score (nSPS) is 23.3. The van der Waals surface area contributed by atoms with Gasteiger partial charge in [0.05, 0.1) is 12.2 Å². The molecule has 4 atom stereocenters. The molecule has 0 saturated carbocycles. The second-order valence-corrected chi connectivity index (χ2v) is 11.4. The molecule has 3 aromatic rings. The molecule has 2 aliphatic heterocycles. The van der Waals surface area contributed by atoms with Crippen molar-refractivity contribution in [1.29, 1.82) is 5.26 Å². The molecule has 0 bridgehead atoms. The van der Waals surface area contributed by atoms with Crippen molar-refractivity contribution >= 4 is 46.2 Å². The standard InChI is InChI=1S/C27H31Cl2N7O2/c1-16-14-35(9-7-23(16)34-8-3-4-18(15-34)10-25(37)38)24-13-31-26-22(12-30)33-36(27(26)32-24)17(2)20-6-5-19(28)11-21(20)29/h5-6,11,13,16-18,23H,3-4,7-10,14-15H2,1-2H3,(H,37,38)/t16-,17-,18?,23+/m1/s1. The second-order valence-electron chi connectivity index (χ2n) is 10.5. The quantitative estimate of drug-likeness (QED) is 0.451. The van der Waals surface area contributed by atoms with E-state index in [1.807, 2.05) is 13.0 Å². The minimum atomic E-state index is -0.708. The number of anilines is 1. The number of benzene rings is 1. The summed E-state index contributed by atoms with van der Waals surface area (Å²) < 4.78 is 1.71. The van der Waals surface area contributed by atoms with Crippen molar-refractivity contribution in [2.45, 2.75) is 51.6 Å². The highest BCUT2D eigenvalue weighted by molar-refractivity contribution is 6.35. The summed E-state index contributed by atoms with van der Waals surface area (Å²) in [6.45, 7) is 7.75. The molecule has 1 aromatic carbocycles. The van der Waals surface area contributed by atoms with Crippen molar-refractivity contribution in [3.63, 3.8) is 0 Å². The Balaban J connectivity index is 1.37. The van der Waals surface area contributed by atoms with Crippen molar-refractivity contribution in [2.24, 2.45) is 11.8 Å². The first kappa shape index (κ1) is 26.7. The lowest BCUT2D eigenvalue weighted by Gasteiger charge is -2.45. The molecule has 0 radical (unpaired) electrons. The van der Waals surface area contributed by atoms with Crippen molar-refractivity contribution in [2.75, 3.05) is 31.1 Å². The van der Waals surface area contributed by atoms with E-state index in [4.69, 9.17) is 28.2 Å². The van der Waals surface area contributed by atoms with Crippen LogP contribution in [0.2, 0.25) is 10.0 Å². The number of aromatic nitrogens is 4. The fraction of sp³-hybridized carbons (Fsp3) is 0.519. The van der Waals surface area contributed by atoms with Crippen LogP contribution in [0.25, 0.3) is 11.2 Å². The number of halogens is 2. The van der Waals surface area contributed by atoms with Gasteiger partial charge in [-0.05, 0) is 62.3 Å². The van der Waals surface area contributed by atoms with Gasteiger partial charge >= 0.3 is 5.97 Å². The lowest BCUT2D eigenvalue weighted by atomic mass is 9.87. The van der Waals surface area contributed by atoms with E-state index in [1.54, 1.807) is 23.0 Å². The van der Waals surface area contributed by atoms with Crippen LogP contribution in [-0.2, 0) is 4.79 Å². The number of carboxylic acid groups (broad SMARTS) is 1. The number of piperidine rings is 2. The average molecular weight is 556 g/mol. The highest BCUT2D eigenvalue weighted by Crippen LogP contribution is 2.33. The maximum Gasteiger partial charge on any atom is 0.303 e. The summed E-state index contributed by atoms with van der Waals surface area (Å²) in [6.07, 6.45) is 4.99. The molecule has 0 amide bonds. The van der Waals surface area contributed by atoms with Crippen LogP contribution in [0, 0.1) is 23.2 Å². The third kappa shape index (κ3) is 5.31. The molecular weight excluding hydrogens is 525 g/mol. The Bertz CT molecular complexity index is 1390. The Labute approximate surface area is 232 Å². The van der Waals surface area contributed by atoms with Crippen LogP contribution < -0.4 is 4.90 Å². The van der Waals surface area contributed by atoms with Gasteiger partial charge in [-0.15, -0.1) is 0 Å². The van der Waals surface area contributed by atoms with Crippen molar-refractivity contribution in [1.82, 2.24) is 24.6 Å². The number of nitriles is 1. The van der Waals surface area contributed by atoms with E-state index < -0.39 is 5.97 Å². The molecule has 5 rings (SSSR count). The summed E-state index contributed by atoms with van der Waals surface area (Å²) in [5, 5.41) is 24.5. The lowest BCUT2D eigenvalue weighted by molar-refractivity contribution is -0.138. The zero-order valence-corrected chi connectivity index (χ0v) is 23.0. The molecule has 0 aliphatic carbocycles. The lowest BCUT2D eigenvalue weighted by Crippen LogP contribution is -2.53. The molecule has 0 spiro atoms. The molecule has 200 valence electrons. The fourth-order valence-electron chi connectivity index (χ4n) is 6.07. The Morgan fingerprint density at radius 1 is 1.26 bits per heavy atom. The maximum absolute atomic E-state index is 11.2. The largest absolute Gasteiger partial charge is 0.481 e. The predicted octanol–water partition coefficient (Wildman–Crippen LogP) is 5.02. The number of aliphatic carboxylic acids is 1. The molecule has 2 fully saturated rings. The van der Waals surface area contributed by atoms with E-state index >= 15 is 0 Å². The van der Waals surface area contributed by atoms with Gasteiger partial charge in [-0.1, -0.05) is 36.2 Å². The van der Waals surface area contributed by atoms with Gasteiger partial charge in [0.15, 0.2) is 11.3 Å². The zero-order valence-electron chi connectivity index (χ0n) is 21.5. The number of rotatable bonds is 6. The first-order valence-corrected chi connectivity index (χ1v) is 13.8. The first-order chi connectivity index (χ1) is 18.2. The van der Waals surface area contributed by atoms with Crippen molar-refractivity contribution in [3.8, 4) is 6.07 Å². The van der Waals surface area contributed by atoms with Gasteiger partial charge in [0, 0.05) is 42.1 Å². The summed E-state index contributed by atoms with van der Waals surface area (Å²) in [5.41, 5.74) is 2.06. The highest BCUT2D eigenvalue weighted by Gasteiger charge is 2.34. The molecule has 1 unspecified atom stereocenters. The average Bonchev–Trinajstić information content (AvgIpc) is 3.26. The van der Waals surface area contributed by atoms with Gasteiger partial charge in [0.1, 0.15) is 17.4 Å². The Kier molecular flexibility index (Phi) is 7.75. The molecule has 11 heteroatoms. The molecular formula is C27H31Cl2N7O2. The topological polar surface area (TPSA) is 111 Å². The first-order valence-electron chi connectivity index (χ1n) is 13.1. The number of carbonyl (C=O) groups is 1. The number of hydrogen-bond donors (Lipinski definition) is 1. The minimum absolute atomic E-state index is 0.226. The van der Waals surface area contributed by atoms with Crippen LogP contribution in [0.1, 0.15) is 56.8 Å². The van der Waals surface area contributed by atoms with Crippen molar-refractivity contribution in [3.05, 3.63) is 45.7 Å². The predicted molar refractivity (Wildman–Crippen MR) is 147 cm³/mol. The van der Waals surface area contributed by atoms with Gasteiger partial charge < -0.3 is 10.0 Å². The van der Waals surface area contributed by atoms with Gasteiger partial charge in [0.2, 0.25) is 0 Å². The third-order valence-electron chi connectivity index (χ3n) is 7.94. The Hall–Kier alpha value is -2.93. The Morgan fingerprint density at radius 2 is 2.08 bits per heavy atom. The number of hydrogen-bond acceptors (Lipinski definition) is 7. The summed E-state index contributed by atoms with van der Waals surface area (Å²) in [5.74, 6) is 0.659. The van der Waals surface area contributed by atoms with E-state index in [-0.39, 0.29) is 24.1 Å². The van der Waals surface area contributed by atoms with E-state index in [9.17, 15) is 15.2 Å². The van der Waals surface area contributed by atoms with Gasteiger partial charge in [0.25, 0.3) is 0 Å². The van der Waals surface area contributed by atoms with E-state index in [0.717, 1.165) is 56.8 Å². The maximum atomic E-state index is 11.2. The van der Waals surface area contributed by atoms with Gasteiger partial charge in [-0.3, -0.25) is 9.69 Å². The van der Waals surface area contributed by atoms with E-state index in [0.29, 0.717) is 33.2 Å². The number of likely N-dealkylation sites (tertiary alicyclic amines) is 1. The summed E-state index contributed by atoms with van der Waals surface area (Å²) in [7, 11) is 0. The molecule has 4 heterocycles. The molecule has 2 aromatic heterocycles. The molecule has 38 heavy (non-hydrogen) atoms. The van der Waals surface area contributed by atoms with Crippen LogP contribution in [0.5, 0.6) is 0 Å². The molecule has 1 N–H and O–H groups in total. The number of nitrogens with zero attached hydrogens (tertiary/aromatic N) is 7. The number of carboxylic acids is 1. The van der Waals surface area contributed by atoms with E-state index in [1.165, 1.54) is 0 Å². The molecule has 9 nitrogen and oxygen atoms in total. The SMILES string of the molecule is C[C@@H]1CN(c2cnc3c(C#N)nn([C@H](C)c4ccc(Cl)cc4Cl)c3n2)CC[C@@H]1N1CCCC(CC(=O)O)C1. The Morgan fingerprint density at radius 3 is 2.79 bits per heavy atom. The van der Waals surface area contributed by atoms with Crippen LogP contribution >= 0.6 is 23.2 Å². The fourth-order valence-corrected chi connectivity index (χ4v) is 6.63. The van der Waals surface area contributed by atoms with E-state index in [2.05, 4.69) is 32.9 Å². The summed E-state index contributed by atoms with van der Waals surface area (Å²) in [6, 6.07) is 7.62. The van der Waals surface area contributed by atoms with Crippen LogP contribution in [-0.4, -0.2) is 67.9 Å². The van der Waals surface area contributed by atoms with Gasteiger partial charge in [-0.25, -0.2) is 14.6 Å². The van der Waals surface area contributed by atoms with Crippen LogP contribution in [0.3, 0.4) is 0 Å². The van der Waals surface area contributed by atoms with Crippen LogP contribution in [0.15, 0.2) is 24.4 Å². The third-order valence-corrected chi connectivity index (χ3v) is 8.50. The van der Waals surface area contributed by atoms with Crippen molar-refractivity contribution < 1.29 is 9.90 Å². The molecule has 2 aliphatic rings. The minimum Gasteiger partial charge on any atom is -0.481 e. The smallest absolute Gasteiger partial charge is 0.303 e. The second kappa shape index (κ2) is 11.0. The highest BCUT2D eigenvalue weighted by atomic mass is 35.5.